The summed E-state index contributed by atoms with van der Waals surface area (Å²) >= 11 is 0. The van der Waals surface area contributed by atoms with Gasteiger partial charge in [0.15, 0.2) is 0 Å². The van der Waals surface area contributed by atoms with Gasteiger partial charge in [-0.15, -0.1) is 0 Å². The molecule has 0 unspecified atom stereocenters. The smallest absolute Gasteiger partial charge is 0.0709 e. The second kappa shape index (κ2) is 6.48. The molecule has 2 rings (SSSR count). The van der Waals surface area contributed by atoms with Gasteiger partial charge in [-0.3, -0.25) is 0 Å². The summed E-state index contributed by atoms with van der Waals surface area (Å²) in [6.07, 6.45) is 11.7. The molecule has 98 valence electrons. The molecule has 0 bridgehead atoms. The molecule has 2 aliphatic rings. The third-order valence-electron chi connectivity index (χ3n) is 4.36. The molecular formula is C14H27N3. The van der Waals surface area contributed by atoms with E-state index in [1.807, 2.05) is 0 Å². The van der Waals surface area contributed by atoms with Crippen molar-refractivity contribution in [1.82, 2.24) is 4.90 Å². The zero-order chi connectivity index (χ0) is 12.1. The van der Waals surface area contributed by atoms with E-state index in [4.69, 9.17) is 0 Å². The molecule has 0 aromatic rings. The summed E-state index contributed by atoms with van der Waals surface area (Å²) in [7, 11) is 4.38. The van der Waals surface area contributed by atoms with E-state index < -0.39 is 0 Å². The minimum Gasteiger partial charge on any atom is -0.306 e. The highest BCUT2D eigenvalue weighted by atomic mass is 15.1. The Morgan fingerprint density at radius 2 is 1.24 bits per heavy atom. The summed E-state index contributed by atoms with van der Waals surface area (Å²) in [6.45, 7) is 0. The third kappa shape index (κ3) is 4.06. The molecule has 0 amide bonds. The lowest BCUT2D eigenvalue weighted by atomic mass is 9.91. The number of rotatable bonds is 3. The van der Waals surface area contributed by atoms with Gasteiger partial charge < -0.3 is 4.90 Å². The first-order valence-electron chi connectivity index (χ1n) is 7.32. The SMILES string of the molecule is CN(C)C1CCC(N=NC2CCCCC2)CC1. The summed E-state index contributed by atoms with van der Waals surface area (Å²) < 4.78 is 0. The predicted molar refractivity (Wildman–Crippen MR) is 71.5 cm³/mol. The fourth-order valence-electron chi connectivity index (χ4n) is 3.08. The van der Waals surface area contributed by atoms with Crippen LogP contribution < -0.4 is 0 Å². The second-order valence-electron chi connectivity index (χ2n) is 5.95. The first-order chi connectivity index (χ1) is 8.25. The van der Waals surface area contributed by atoms with Crippen molar-refractivity contribution in [3.63, 3.8) is 0 Å². The third-order valence-corrected chi connectivity index (χ3v) is 4.36. The molecule has 2 saturated carbocycles. The van der Waals surface area contributed by atoms with E-state index in [0.717, 1.165) is 6.04 Å². The Balaban J connectivity index is 1.71. The highest BCUT2D eigenvalue weighted by molar-refractivity contribution is 4.80. The highest BCUT2D eigenvalue weighted by Crippen LogP contribution is 2.26. The maximum atomic E-state index is 4.61. The zero-order valence-corrected chi connectivity index (χ0v) is 11.4. The van der Waals surface area contributed by atoms with Crippen molar-refractivity contribution in [2.75, 3.05) is 14.1 Å². The molecule has 0 aliphatic heterocycles. The summed E-state index contributed by atoms with van der Waals surface area (Å²) in [5, 5.41) is 9.20. The fourth-order valence-corrected chi connectivity index (χ4v) is 3.08. The number of nitrogens with zero attached hydrogens (tertiary/aromatic N) is 3. The Bertz CT molecular complexity index is 236. The topological polar surface area (TPSA) is 28.0 Å². The van der Waals surface area contributed by atoms with Crippen LogP contribution >= 0.6 is 0 Å². The van der Waals surface area contributed by atoms with Crippen LogP contribution in [0.3, 0.4) is 0 Å². The lowest BCUT2D eigenvalue weighted by Gasteiger charge is -2.30. The van der Waals surface area contributed by atoms with Crippen molar-refractivity contribution in [3.05, 3.63) is 0 Å². The first kappa shape index (κ1) is 13.0. The predicted octanol–water partition coefficient (Wildman–Crippen LogP) is 3.64. The first-order valence-corrected chi connectivity index (χ1v) is 7.32. The van der Waals surface area contributed by atoms with E-state index in [-0.39, 0.29) is 0 Å². The van der Waals surface area contributed by atoms with E-state index >= 15 is 0 Å². The normalized spacial score (nSPS) is 32.4. The Morgan fingerprint density at radius 1 is 0.706 bits per heavy atom. The lowest BCUT2D eigenvalue weighted by molar-refractivity contribution is 0.214. The molecule has 0 aromatic heterocycles. The molecule has 0 N–H and O–H groups in total. The quantitative estimate of drug-likeness (QED) is 0.689. The molecule has 3 nitrogen and oxygen atoms in total. The molecule has 0 atom stereocenters. The average Bonchev–Trinajstić information content (AvgIpc) is 2.38. The maximum absolute atomic E-state index is 4.61. The zero-order valence-electron chi connectivity index (χ0n) is 11.4. The van der Waals surface area contributed by atoms with Gasteiger partial charge in [0, 0.05) is 6.04 Å². The Kier molecular flexibility index (Phi) is 4.96. The van der Waals surface area contributed by atoms with Gasteiger partial charge in [-0.2, -0.15) is 10.2 Å². The van der Waals surface area contributed by atoms with Gasteiger partial charge in [0.2, 0.25) is 0 Å². The van der Waals surface area contributed by atoms with Crippen molar-refractivity contribution in [2.24, 2.45) is 10.2 Å². The molecular weight excluding hydrogens is 210 g/mol. The van der Waals surface area contributed by atoms with Gasteiger partial charge in [-0.25, -0.2) is 0 Å². The summed E-state index contributed by atoms with van der Waals surface area (Å²) in [5.74, 6) is 0. The summed E-state index contributed by atoms with van der Waals surface area (Å²) in [4.78, 5) is 2.36. The van der Waals surface area contributed by atoms with Gasteiger partial charge in [-0.05, 0) is 52.6 Å². The van der Waals surface area contributed by atoms with Crippen LogP contribution in [0.25, 0.3) is 0 Å². The minimum atomic E-state index is 0.521. The molecule has 0 aromatic carbocycles. The minimum absolute atomic E-state index is 0.521. The molecule has 2 aliphatic carbocycles. The molecule has 2 fully saturated rings. The molecule has 0 saturated heterocycles. The van der Waals surface area contributed by atoms with Gasteiger partial charge in [0.05, 0.1) is 12.1 Å². The molecule has 0 spiro atoms. The van der Waals surface area contributed by atoms with Crippen LogP contribution in [0.5, 0.6) is 0 Å². The van der Waals surface area contributed by atoms with Crippen LogP contribution in [0.4, 0.5) is 0 Å². The molecule has 17 heavy (non-hydrogen) atoms. The Morgan fingerprint density at radius 3 is 1.76 bits per heavy atom. The van der Waals surface area contributed by atoms with Gasteiger partial charge in [-0.1, -0.05) is 19.3 Å². The standard InChI is InChI=1S/C14H27N3/c1-17(2)14-10-8-13(9-11-14)16-15-12-6-4-3-5-7-12/h12-14H,3-11H2,1-2H3. The van der Waals surface area contributed by atoms with E-state index in [9.17, 15) is 0 Å². The largest absolute Gasteiger partial charge is 0.306 e. The van der Waals surface area contributed by atoms with Gasteiger partial charge in [0.25, 0.3) is 0 Å². The Labute approximate surface area is 106 Å². The van der Waals surface area contributed by atoms with Gasteiger partial charge >= 0.3 is 0 Å². The van der Waals surface area contributed by atoms with Crippen molar-refractivity contribution >= 4 is 0 Å². The van der Waals surface area contributed by atoms with Crippen LogP contribution in [0.2, 0.25) is 0 Å². The van der Waals surface area contributed by atoms with Crippen LogP contribution in [0.15, 0.2) is 10.2 Å². The van der Waals surface area contributed by atoms with Crippen molar-refractivity contribution in [1.29, 1.82) is 0 Å². The van der Waals surface area contributed by atoms with Crippen molar-refractivity contribution < 1.29 is 0 Å². The summed E-state index contributed by atoms with van der Waals surface area (Å²) in [5.41, 5.74) is 0. The monoisotopic (exact) mass is 237 g/mol. The van der Waals surface area contributed by atoms with Crippen molar-refractivity contribution in [3.8, 4) is 0 Å². The van der Waals surface area contributed by atoms with Crippen LogP contribution in [-0.4, -0.2) is 37.1 Å². The molecule has 3 heteroatoms. The fraction of sp³-hybridized carbons (Fsp3) is 1.00. The summed E-state index contributed by atoms with van der Waals surface area (Å²) in [6, 6.07) is 1.85. The van der Waals surface area contributed by atoms with E-state index in [0.29, 0.717) is 12.1 Å². The maximum Gasteiger partial charge on any atom is 0.0709 e. The van der Waals surface area contributed by atoms with Crippen LogP contribution in [0.1, 0.15) is 57.8 Å². The van der Waals surface area contributed by atoms with E-state index in [1.54, 1.807) is 0 Å². The van der Waals surface area contributed by atoms with E-state index in [2.05, 4.69) is 29.2 Å². The highest BCUT2D eigenvalue weighted by Gasteiger charge is 2.22. The average molecular weight is 237 g/mol. The number of hydrogen-bond acceptors (Lipinski definition) is 3. The van der Waals surface area contributed by atoms with Gasteiger partial charge in [0.1, 0.15) is 0 Å². The second-order valence-corrected chi connectivity index (χ2v) is 5.95. The Hall–Kier alpha value is -0.440. The number of hydrogen-bond donors (Lipinski definition) is 0. The van der Waals surface area contributed by atoms with Crippen LogP contribution in [0, 0.1) is 0 Å². The lowest BCUT2D eigenvalue weighted by Crippen LogP contribution is -2.33. The molecule has 0 heterocycles. The van der Waals surface area contributed by atoms with Crippen molar-refractivity contribution in [2.45, 2.75) is 75.9 Å². The van der Waals surface area contributed by atoms with E-state index in [1.165, 1.54) is 57.8 Å². The molecule has 0 radical (unpaired) electrons. The van der Waals surface area contributed by atoms with Crippen LogP contribution in [-0.2, 0) is 0 Å². The number of azo groups is 1.